The molecule has 1 N–H and O–H groups in total. The average Bonchev–Trinajstić information content (AvgIpc) is 2.89. The van der Waals surface area contributed by atoms with Gasteiger partial charge in [-0.15, -0.1) is 0 Å². The van der Waals surface area contributed by atoms with Crippen LogP contribution in [0.25, 0.3) is 0 Å². The number of likely N-dealkylation sites (tertiary alicyclic amines) is 1. The van der Waals surface area contributed by atoms with Gasteiger partial charge >= 0.3 is 0 Å². The summed E-state index contributed by atoms with van der Waals surface area (Å²) in [5.41, 5.74) is 1.95. The zero-order valence-corrected chi connectivity index (χ0v) is 10.3. The highest BCUT2D eigenvalue weighted by atomic mass is 15.2. The van der Waals surface area contributed by atoms with Crippen LogP contribution in [0.2, 0.25) is 0 Å². The van der Waals surface area contributed by atoms with Crippen LogP contribution < -0.4 is 5.32 Å². The van der Waals surface area contributed by atoms with E-state index in [9.17, 15) is 0 Å². The largest absolute Gasteiger partial charge is 0.312 e. The molecular formula is C14H19N3. The van der Waals surface area contributed by atoms with Crippen molar-refractivity contribution in [3.63, 3.8) is 0 Å². The summed E-state index contributed by atoms with van der Waals surface area (Å²) < 4.78 is 0. The fourth-order valence-electron chi connectivity index (χ4n) is 2.41. The summed E-state index contributed by atoms with van der Waals surface area (Å²) >= 11 is 0. The Morgan fingerprint density at radius 2 is 2.18 bits per heavy atom. The maximum atomic E-state index is 8.92. The highest BCUT2D eigenvalue weighted by Gasteiger charge is 2.17. The molecule has 1 atom stereocenters. The van der Waals surface area contributed by atoms with Gasteiger partial charge in [-0.2, -0.15) is 5.26 Å². The molecule has 3 nitrogen and oxygen atoms in total. The zero-order chi connectivity index (χ0) is 12.1. The Morgan fingerprint density at radius 3 is 2.82 bits per heavy atom. The lowest BCUT2D eigenvalue weighted by Gasteiger charge is -2.23. The number of hydrogen-bond donors (Lipinski definition) is 1. The first-order valence-corrected chi connectivity index (χ1v) is 6.23. The Hall–Kier alpha value is -1.37. The van der Waals surface area contributed by atoms with E-state index in [1.807, 2.05) is 25.2 Å². The van der Waals surface area contributed by atoms with Crippen LogP contribution in [-0.4, -0.2) is 31.6 Å². The van der Waals surface area contributed by atoms with E-state index in [1.54, 1.807) is 0 Å². The van der Waals surface area contributed by atoms with Crippen molar-refractivity contribution >= 4 is 0 Å². The molecule has 0 saturated carbocycles. The monoisotopic (exact) mass is 229 g/mol. The summed E-state index contributed by atoms with van der Waals surface area (Å²) in [6.45, 7) is 3.44. The van der Waals surface area contributed by atoms with E-state index >= 15 is 0 Å². The predicted molar refractivity (Wildman–Crippen MR) is 68.6 cm³/mol. The number of nitrogens with zero attached hydrogens (tertiary/aromatic N) is 2. The number of likely N-dealkylation sites (N-methyl/N-ethyl adjacent to an activating group) is 1. The van der Waals surface area contributed by atoms with Gasteiger partial charge in [-0.3, -0.25) is 0 Å². The fraction of sp³-hybridized carbons (Fsp3) is 0.500. The van der Waals surface area contributed by atoms with E-state index in [0.717, 1.165) is 12.1 Å². The standard InChI is InChI=1S/C14H19N3/c1-16-14(11-17-7-2-3-8-17)13-6-4-5-12(9-13)10-15/h4-6,9,14,16H,2-3,7-8,11H2,1H3/t14-/m0/s1. The molecule has 1 heterocycles. The van der Waals surface area contributed by atoms with Crippen molar-refractivity contribution in [2.75, 3.05) is 26.7 Å². The van der Waals surface area contributed by atoms with Crippen molar-refractivity contribution in [1.82, 2.24) is 10.2 Å². The lowest BCUT2D eigenvalue weighted by Crippen LogP contribution is -2.31. The molecule has 0 aromatic heterocycles. The molecule has 1 fully saturated rings. The van der Waals surface area contributed by atoms with Gasteiger partial charge in [0.25, 0.3) is 0 Å². The molecule has 0 radical (unpaired) electrons. The van der Waals surface area contributed by atoms with E-state index < -0.39 is 0 Å². The maximum absolute atomic E-state index is 8.92. The first-order valence-electron chi connectivity index (χ1n) is 6.23. The second kappa shape index (κ2) is 5.81. The van der Waals surface area contributed by atoms with Crippen LogP contribution in [0, 0.1) is 11.3 Å². The molecule has 0 spiro atoms. The molecule has 1 aliphatic rings. The lowest BCUT2D eigenvalue weighted by atomic mass is 10.0. The van der Waals surface area contributed by atoms with Crippen LogP contribution in [0.15, 0.2) is 24.3 Å². The quantitative estimate of drug-likeness (QED) is 0.857. The zero-order valence-electron chi connectivity index (χ0n) is 10.3. The van der Waals surface area contributed by atoms with E-state index in [4.69, 9.17) is 5.26 Å². The number of nitrogens with one attached hydrogen (secondary N) is 1. The van der Waals surface area contributed by atoms with Crippen molar-refractivity contribution in [2.45, 2.75) is 18.9 Å². The second-order valence-electron chi connectivity index (χ2n) is 4.59. The van der Waals surface area contributed by atoms with E-state index in [1.165, 1.54) is 31.5 Å². The average molecular weight is 229 g/mol. The van der Waals surface area contributed by atoms with Gasteiger partial charge in [-0.1, -0.05) is 12.1 Å². The van der Waals surface area contributed by atoms with Crippen LogP contribution in [-0.2, 0) is 0 Å². The van der Waals surface area contributed by atoms with Crippen LogP contribution >= 0.6 is 0 Å². The lowest BCUT2D eigenvalue weighted by molar-refractivity contribution is 0.299. The Labute approximate surface area is 103 Å². The maximum Gasteiger partial charge on any atom is 0.0991 e. The molecule has 1 aliphatic heterocycles. The minimum absolute atomic E-state index is 0.321. The van der Waals surface area contributed by atoms with Crippen LogP contribution in [0.5, 0.6) is 0 Å². The van der Waals surface area contributed by atoms with Crippen LogP contribution in [0.4, 0.5) is 0 Å². The third-order valence-electron chi connectivity index (χ3n) is 3.41. The molecule has 0 aliphatic carbocycles. The Balaban J connectivity index is 2.08. The van der Waals surface area contributed by atoms with Gasteiger partial charge in [0.2, 0.25) is 0 Å². The first kappa shape index (κ1) is 12.1. The molecule has 1 aromatic carbocycles. The SMILES string of the molecule is CN[C@@H](CN1CCCC1)c1cccc(C#N)c1. The molecule has 3 heteroatoms. The molecule has 1 saturated heterocycles. The summed E-state index contributed by atoms with van der Waals surface area (Å²) in [5.74, 6) is 0. The van der Waals surface area contributed by atoms with Crippen LogP contribution in [0.1, 0.15) is 30.0 Å². The van der Waals surface area contributed by atoms with Crippen molar-refractivity contribution in [3.05, 3.63) is 35.4 Å². The first-order chi connectivity index (χ1) is 8.33. The van der Waals surface area contributed by atoms with Gasteiger partial charge in [-0.05, 0) is 50.7 Å². The smallest absolute Gasteiger partial charge is 0.0991 e. The normalized spacial score (nSPS) is 17.9. The summed E-state index contributed by atoms with van der Waals surface area (Å²) in [5, 5.41) is 12.3. The van der Waals surface area contributed by atoms with E-state index in [0.29, 0.717) is 6.04 Å². The molecular weight excluding hydrogens is 210 g/mol. The van der Waals surface area contributed by atoms with Crippen molar-refractivity contribution in [2.24, 2.45) is 0 Å². The highest BCUT2D eigenvalue weighted by molar-refractivity contribution is 5.34. The van der Waals surface area contributed by atoms with Crippen molar-refractivity contribution in [1.29, 1.82) is 5.26 Å². The van der Waals surface area contributed by atoms with Gasteiger partial charge in [0.15, 0.2) is 0 Å². The van der Waals surface area contributed by atoms with Crippen LogP contribution in [0.3, 0.4) is 0 Å². The van der Waals surface area contributed by atoms with Gasteiger partial charge in [-0.25, -0.2) is 0 Å². The van der Waals surface area contributed by atoms with Gasteiger partial charge in [0, 0.05) is 12.6 Å². The summed E-state index contributed by atoms with van der Waals surface area (Å²) in [4.78, 5) is 2.49. The summed E-state index contributed by atoms with van der Waals surface area (Å²) in [6.07, 6.45) is 2.63. The molecule has 90 valence electrons. The molecule has 0 bridgehead atoms. The predicted octanol–water partition coefficient (Wildman–Crippen LogP) is 1.91. The minimum atomic E-state index is 0.321. The van der Waals surface area contributed by atoms with E-state index in [2.05, 4.69) is 22.4 Å². The number of nitriles is 1. The molecule has 0 amide bonds. The fourth-order valence-corrected chi connectivity index (χ4v) is 2.41. The summed E-state index contributed by atoms with van der Waals surface area (Å²) in [6, 6.07) is 10.4. The van der Waals surface area contributed by atoms with Crippen molar-refractivity contribution < 1.29 is 0 Å². The van der Waals surface area contributed by atoms with Gasteiger partial charge < -0.3 is 10.2 Å². The molecule has 1 aromatic rings. The number of rotatable bonds is 4. The molecule has 17 heavy (non-hydrogen) atoms. The highest BCUT2D eigenvalue weighted by Crippen LogP contribution is 2.18. The van der Waals surface area contributed by atoms with Gasteiger partial charge in [0.1, 0.15) is 0 Å². The third-order valence-corrected chi connectivity index (χ3v) is 3.41. The van der Waals surface area contributed by atoms with Gasteiger partial charge in [0.05, 0.1) is 11.6 Å². The minimum Gasteiger partial charge on any atom is -0.312 e. The van der Waals surface area contributed by atoms with E-state index in [-0.39, 0.29) is 0 Å². The second-order valence-corrected chi connectivity index (χ2v) is 4.59. The van der Waals surface area contributed by atoms with Crippen molar-refractivity contribution in [3.8, 4) is 6.07 Å². The Morgan fingerprint density at radius 1 is 1.41 bits per heavy atom. The molecule has 0 unspecified atom stereocenters. The Kier molecular flexibility index (Phi) is 4.13. The Bertz CT molecular complexity index is 402. The third kappa shape index (κ3) is 3.06. The molecule has 2 rings (SSSR count). The number of benzene rings is 1. The summed E-state index contributed by atoms with van der Waals surface area (Å²) in [7, 11) is 1.99. The topological polar surface area (TPSA) is 39.1 Å². The number of hydrogen-bond acceptors (Lipinski definition) is 3.